The predicted octanol–water partition coefficient (Wildman–Crippen LogP) is 13.8. The Hall–Kier alpha value is -7.90. The molecule has 0 saturated carbocycles. The standard InChI is InChI=1S/C54H41N5O2/c1-34-10-5-11-35(2)52(34)40-22-26-55-48(30-40)38-14-7-16-42(28-38)60-44-18-20-46-47-21-19-45(33-51(47)59(50(46)32-44)54-57-24-9-25-58-54)61-43-17-8-15-39(29-43)49-31-41(23-27-56-49)53-36(3)12-6-13-37(53)4/h5-33H,1-4H3. The van der Waals surface area contributed by atoms with Gasteiger partial charge >= 0.3 is 0 Å². The van der Waals surface area contributed by atoms with Gasteiger partial charge in [0.15, 0.2) is 0 Å². The van der Waals surface area contributed by atoms with Crippen LogP contribution in [0, 0.1) is 27.7 Å². The van der Waals surface area contributed by atoms with Gasteiger partial charge in [-0.3, -0.25) is 14.5 Å². The molecule has 6 aromatic carbocycles. The average molecular weight is 792 g/mol. The van der Waals surface area contributed by atoms with Crippen LogP contribution in [-0.4, -0.2) is 24.5 Å². The summed E-state index contributed by atoms with van der Waals surface area (Å²) < 4.78 is 15.2. The smallest absolute Gasteiger partial charge is 0.234 e. The first-order chi connectivity index (χ1) is 29.9. The third-order valence-electron chi connectivity index (χ3n) is 11.3. The minimum absolute atomic E-state index is 0.547. The van der Waals surface area contributed by atoms with E-state index in [-0.39, 0.29) is 0 Å². The largest absolute Gasteiger partial charge is 0.457 e. The van der Waals surface area contributed by atoms with Crippen LogP contribution in [0.1, 0.15) is 22.3 Å². The summed E-state index contributed by atoms with van der Waals surface area (Å²) in [6.07, 6.45) is 7.26. The maximum atomic E-state index is 6.57. The molecule has 0 aliphatic rings. The molecule has 0 radical (unpaired) electrons. The quantitative estimate of drug-likeness (QED) is 0.145. The van der Waals surface area contributed by atoms with Crippen LogP contribution in [0.4, 0.5) is 0 Å². The maximum Gasteiger partial charge on any atom is 0.234 e. The molecular weight excluding hydrogens is 751 g/mol. The van der Waals surface area contributed by atoms with E-state index in [1.807, 2.05) is 79.1 Å². The number of benzene rings is 6. The van der Waals surface area contributed by atoms with Gasteiger partial charge in [-0.05, 0) is 151 Å². The predicted molar refractivity (Wildman–Crippen MR) is 246 cm³/mol. The summed E-state index contributed by atoms with van der Waals surface area (Å²) in [7, 11) is 0. The third-order valence-corrected chi connectivity index (χ3v) is 11.3. The van der Waals surface area contributed by atoms with Gasteiger partial charge in [0.05, 0.1) is 22.4 Å². The molecular formula is C54H41N5O2. The van der Waals surface area contributed by atoms with Crippen LogP contribution >= 0.6 is 0 Å². The van der Waals surface area contributed by atoms with E-state index >= 15 is 0 Å². The lowest BCUT2D eigenvalue weighted by atomic mass is 9.95. The molecule has 7 heteroatoms. The van der Waals surface area contributed by atoms with Crippen molar-refractivity contribution < 1.29 is 9.47 Å². The number of hydrogen-bond acceptors (Lipinski definition) is 6. The number of ether oxygens (including phenoxy) is 2. The van der Waals surface area contributed by atoms with Crippen molar-refractivity contribution >= 4 is 21.8 Å². The van der Waals surface area contributed by atoms with Crippen LogP contribution in [0.15, 0.2) is 176 Å². The summed E-state index contributed by atoms with van der Waals surface area (Å²) in [6, 6.07) is 51.5. The highest BCUT2D eigenvalue weighted by Crippen LogP contribution is 2.39. The first-order valence-electron chi connectivity index (χ1n) is 20.3. The third kappa shape index (κ3) is 7.27. The Bertz CT molecular complexity index is 3030. The van der Waals surface area contributed by atoms with Gasteiger partial charge in [-0.15, -0.1) is 0 Å². The molecule has 61 heavy (non-hydrogen) atoms. The van der Waals surface area contributed by atoms with Gasteiger partial charge in [0.2, 0.25) is 5.95 Å². The van der Waals surface area contributed by atoms with Crippen LogP contribution in [0.25, 0.3) is 72.5 Å². The molecule has 0 unspecified atom stereocenters. The zero-order chi connectivity index (χ0) is 41.5. The van der Waals surface area contributed by atoms with Crippen molar-refractivity contribution in [2.24, 2.45) is 0 Å². The van der Waals surface area contributed by atoms with E-state index in [9.17, 15) is 0 Å². The summed E-state index contributed by atoms with van der Waals surface area (Å²) in [5.74, 6) is 3.33. The number of rotatable bonds is 9. The zero-order valence-electron chi connectivity index (χ0n) is 34.3. The van der Waals surface area contributed by atoms with Crippen molar-refractivity contribution in [3.8, 4) is 73.7 Å². The lowest BCUT2D eigenvalue weighted by Crippen LogP contribution is -2.00. The van der Waals surface area contributed by atoms with Crippen molar-refractivity contribution in [2.75, 3.05) is 0 Å². The van der Waals surface area contributed by atoms with Crippen molar-refractivity contribution in [1.82, 2.24) is 24.5 Å². The lowest BCUT2D eigenvalue weighted by Gasteiger charge is -2.12. The van der Waals surface area contributed by atoms with E-state index in [4.69, 9.17) is 19.4 Å². The number of fused-ring (bicyclic) bond motifs is 3. The fourth-order valence-corrected chi connectivity index (χ4v) is 8.46. The van der Waals surface area contributed by atoms with Crippen LogP contribution in [0.3, 0.4) is 0 Å². The summed E-state index contributed by atoms with van der Waals surface area (Å²) in [5.41, 5.74) is 15.2. The molecule has 7 nitrogen and oxygen atoms in total. The molecule has 4 heterocycles. The Kier molecular flexibility index (Phi) is 9.62. The highest BCUT2D eigenvalue weighted by Gasteiger charge is 2.17. The molecule has 10 rings (SSSR count). The molecule has 0 atom stereocenters. The van der Waals surface area contributed by atoms with Crippen LogP contribution in [-0.2, 0) is 0 Å². The van der Waals surface area contributed by atoms with Crippen molar-refractivity contribution in [3.05, 3.63) is 199 Å². The molecule has 0 saturated heterocycles. The van der Waals surface area contributed by atoms with Crippen LogP contribution < -0.4 is 9.47 Å². The minimum atomic E-state index is 0.547. The van der Waals surface area contributed by atoms with Crippen molar-refractivity contribution in [2.45, 2.75) is 27.7 Å². The average Bonchev–Trinajstić information content (AvgIpc) is 3.60. The van der Waals surface area contributed by atoms with E-state index in [0.29, 0.717) is 28.9 Å². The van der Waals surface area contributed by atoms with Gasteiger partial charge in [0.1, 0.15) is 23.0 Å². The summed E-state index contributed by atoms with van der Waals surface area (Å²) in [5, 5.41) is 2.08. The second kappa shape index (κ2) is 15.7. The topological polar surface area (TPSA) is 75.0 Å². The van der Waals surface area contributed by atoms with Gasteiger partial charge in [-0.1, -0.05) is 60.7 Å². The zero-order valence-corrected chi connectivity index (χ0v) is 34.3. The van der Waals surface area contributed by atoms with Crippen molar-refractivity contribution in [3.63, 3.8) is 0 Å². The summed E-state index contributed by atoms with van der Waals surface area (Å²) in [6.45, 7) is 8.60. The van der Waals surface area contributed by atoms with Gasteiger partial charge in [-0.25, -0.2) is 9.97 Å². The number of nitrogens with zero attached hydrogens (tertiary/aromatic N) is 5. The summed E-state index contributed by atoms with van der Waals surface area (Å²) in [4.78, 5) is 18.8. The van der Waals surface area contributed by atoms with Gasteiger partial charge < -0.3 is 9.47 Å². The Balaban J connectivity index is 0.971. The van der Waals surface area contributed by atoms with E-state index in [1.165, 1.54) is 33.4 Å². The highest BCUT2D eigenvalue weighted by atomic mass is 16.5. The second-order valence-corrected chi connectivity index (χ2v) is 15.4. The Morgan fingerprint density at radius 2 is 0.787 bits per heavy atom. The minimum Gasteiger partial charge on any atom is -0.457 e. The molecule has 294 valence electrons. The first kappa shape index (κ1) is 37.4. The molecule has 10 aromatic rings. The van der Waals surface area contributed by atoms with Crippen LogP contribution in [0.5, 0.6) is 23.0 Å². The fourth-order valence-electron chi connectivity index (χ4n) is 8.46. The monoisotopic (exact) mass is 791 g/mol. The Labute approximate surface area is 354 Å². The highest BCUT2D eigenvalue weighted by molar-refractivity contribution is 6.09. The number of pyridine rings is 2. The molecule has 0 aliphatic heterocycles. The SMILES string of the molecule is Cc1cccc(C)c1-c1ccnc(-c2cccc(Oc3ccc4c5ccc(Oc6cccc(-c7cc(-c8c(C)cccc8C)ccn7)c6)cc5n(-c5ncccn5)c4c3)c2)c1. The Morgan fingerprint density at radius 1 is 0.361 bits per heavy atom. The number of aromatic nitrogens is 5. The Morgan fingerprint density at radius 3 is 1.25 bits per heavy atom. The molecule has 0 aliphatic carbocycles. The second-order valence-electron chi connectivity index (χ2n) is 15.4. The molecule has 0 bridgehead atoms. The van der Waals surface area contributed by atoms with Gasteiger partial charge in [-0.2, -0.15) is 0 Å². The normalized spacial score (nSPS) is 11.3. The van der Waals surface area contributed by atoms with Crippen molar-refractivity contribution in [1.29, 1.82) is 0 Å². The van der Waals surface area contributed by atoms with Gasteiger partial charge in [0.25, 0.3) is 0 Å². The van der Waals surface area contributed by atoms with E-state index in [0.717, 1.165) is 55.4 Å². The maximum absolute atomic E-state index is 6.57. The summed E-state index contributed by atoms with van der Waals surface area (Å²) >= 11 is 0. The molecule has 0 N–H and O–H groups in total. The molecule has 0 fully saturated rings. The molecule has 4 aromatic heterocycles. The van der Waals surface area contributed by atoms with E-state index in [1.54, 1.807) is 12.4 Å². The number of aryl methyl sites for hydroxylation is 4. The van der Waals surface area contributed by atoms with E-state index < -0.39 is 0 Å². The number of hydrogen-bond donors (Lipinski definition) is 0. The van der Waals surface area contributed by atoms with Crippen LogP contribution in [0.2, 0.25) is 0 Å². The van der Waals surface area contributed by atoms with Gasteiger partial charge in [0, 0.05) is 58.8 Å². The molecule has 0 amide bonds. The lowest BCUT2D eigenvalue weighted by molar-refractivity contribution is 0.483. The fraction of sp³-hybridized carbons (Fsp3) is 0.0741. The van der Waals surface area contributed by atoms with E-state index in [2.05, 4.69) is 127 Å². The first-order valence-corrected chi connectivity index (χ1v) is 20.3. The molecule has 0 spiro atoms.